The van der Waals surface area contributed by atoms with Crippen molar-refractivity contribution in [2.45, 2.75) is 62.1 Å². The Hall–Kier alpha value is -3.43. The van der Waals surface area contributed by atoms with Gasteiger partial charge in [-0.2, -0.15) is 0 Å². The van der Waals surface area contributed by atoms with Gasteiger partial charge in [0.1, 0.15) is 30.0 Å². The normalized spacial score (nSPS) is 30.8. The highest BCUT2D eigenvalue weighted by Crippen LogP contribution is 2.56. The molecule has 2 aromatic rings. The zero-order valence-electron chi connectivity index (χ0n) is 22.5. The van der Waals surface area contributed by atoms with Gasteiger partial charge in [0.2, 0.25) is 5.78 Å². The van der Waals surface area contributed by atoms with Gasteiger partial charge in [0.25, 0.3) is 0 Å². The summed E-state index contributed by atoms with van der Waals surface area (Å²) in [5.41, 5.74) is 1.66. The largest absolute Gasteiger partial charge is 0.507 e. The summed E-state index contributed by atoms with van der Waals surface area (Å²) in [4.78, 5) is 40.3. The van der Waals surface area contributed by atoms with Crippen LogP contribution in [0.2, 0.25) is 0 Å². The highest BCUT2D eigenvalue weighted by atomic mass is 16.7. The second kappa shape index (κ2) is 10.4. The Balaban J connectivity index is 1.75. The van der Waals surface area contributed by atoms with E-state index in [0.29, 0.717) is 0 Å². The number of ketones is 3. The number of methoxy groups -OCH3 is 2. The Morgan fingerprint density at radius 3 is 2.37 bits per heavy atom. The standard InChI is InChI=1S/C28H31NO12/c1-10-22(32)12(29)7-16(40-10)41-14-8-28(37,15(31)9-30)27(39-3)21-18(14)25(35)20-19(26(21)36)23(33)11-5-4-6-13(38-2)17(11)24(20)34/h4-6,10,12,14,16,22,27,30,32,35-37H,7-9,29H2,1-3H3. The summed E-state index contributed by atoms with van der Waals surface area (Å²) in [5.74, 6) is -4.18. The Morgan fingerprint density at radius 1 is 1.10 bits per heavy atom. The number of nitrogens with two attached hydrogens (primary N) is 1. The number of carbonyl (C=O) groups excluding carboxylic acids is 3. The molecule has 220 valence electrons. The molecule has 41 heavy (non-hydrogen) atoms. The van der Waals surface area contributed by atoms with Crippen LogP contribution in [0.4, 0.5) is 0 Å². The number of aromatic hydroxyl groups is 2. The van der Waals surface area contributed by atoms with Crippen LogP contribution in [-0.2, 0) is 19.0 Å². The first-order chi connectivity index (χ1) is 19.4. The van der Waals surface area contributed by atoms with Gasteiger partial charge in [0, 0.05) is 42.7 Å². The van der Waals surface area contributed by atoms with E-state index in [1.807, 2.05) is 0 Å². The zero-order chi connectivity index (χ0) is 30.0. The molecule has 0 amide bonds. The third-order valence-electron chi connectivity index (χ3n) is 8.14. The van der Waals surface area contributed by atoms with Crippen molar-refractivity contribution in [2.24, 2.45) is 5.73 Å². The lowest BCUT2D eigenvalue weighted by Crippen LogP contribution is -2.54. The van der Waals surface area contributed by atoms with Crippen molar-refractivity contribution in [3.63, 3.8) is 0 Å². The summed E-state index contributed by atoms with van der Waals surface area (Å²) in [6.45, 7) is 0.463. The monoisotopic (exact) mass is 573 g/mol. The van der Waals surface area contributed by atoms with E-state index in [-0.39, 0.29) is 34.4 Å². The lowest BCUT2D eigenvalue weighted by atomic mass is 9.70. The van der Waals surface area contributed by atoms with E-state index in [9.17, 15) is 39.9 Å². The van der Waals surface area contributed by atoms with Gasteiger partial charge in [-0.3, -0.25) is 14.4 Å². The van der Waals surface area contributed by atoms with Crippen LogP contribution in [0.25, 0.3) is 0 Å². The third-order valence-corrected chi connectivity index (χ3v) is 8.14. The molecule has 5 rings (SSSR count). The summed E-state index contributed by atoms with van der Waals surface area (Å²) in [5, 5.41) is 54.6. The highest BCUT2D eigenvalue weighted by Gasteiger charge is 2.56. The molecule has 1 heterocycles. The van der Waals surface area contributed by atoms with Crippen LogP contribution >= 0.6 is 0 Å². The van der Waals surface area contributed by atoms with Crippen LogP contribution in [0.5, 0.6) is 17.2 Å². The number of hydrogen-bond acceptors (Lipinski definition) is 13. The molecule has 0 aromatic heterocycles. The SMILES string of the molecule is COc1cccc2c1C(=O)c1c(O)c3c(c(O)c1C2=O)C(OC)C(O)(C(=O)CO)CC3OC1CC(N)C(O)C(C)O1. The molecule has 13 heteroatoms. The number of benzene rings is 2. The number of hydrogen-bond donors (Lipinski definition) is 6. The van der Waals surface area contributed by atoms with Crippen molar-refractivity contribution in [1.82, 2.24) is 0 Å². The number of phenols is 2. The number of fused-ring (bicyclic) bond motifs is 3. The first kappa shape index (κ1) is 29.1. The number of Topliss-reactive ketones (excluding diaryl/α,β-unsaturated/α-hetero) is 1. The van der Waals surface area contributed by atoms with Gasteiger partial charge in [-0.1, -0.05) is 12.1 Å². The van der Waals surface area contributed by atoms with E-state index in [1.54, 1.807) is 6.92 Å². The smallest absolute Gasteiger partial charge is 0.202 e. The van der Waals surface area contributed by atoms with Gasteiger partial charge in [0.15, 0.2) is 23.5 Å². The van der Waals surface area contributed by atoms with E-state index in [2.05, 4.69) is 0 Å². The summed E-state index contributed by atoms with van der Waals surface area (Å²) in [6.07, 6.45) is -6.60. The molecule has 2 aliphatic carbocycles. The average Bonchev–Trinajstić information content (AvgIpc) is 2.95. The van der Waals surface area contributed by atoms with Gasteiger partial charge in [-0.25, -0.2) is 0 Å². The van der Waals surface area contributed by atoms with Crippen LogP contribution < -0.4 is 10.5 Å². The lowest BCUT2D eigenvalue weighted by Gasteiger charge is -2.45. The number of rotatable bonds is 6. The van der Waals surface area contributed by atoms with E-state index in [4.69, 9.17) is 24.7 Å². The van der Waals surface area contributed by atoms with Crippen LogP contribution in [0, 0.1) is 0 Å². The maximum atomic E-state index is 13.8. The van der Waals surface area contributed by atoms with Gasteiger partial charge in [-0.05, 0) is 13.0 Å². The highest BCUT2D eigenvalue weighted by molar-refractivity contribution is 6.31. The Kier molecular flexibility index (Phi) is 7.40. The molecular formula is C28H31NO12. The van der Waals surface area contributed by atoms with Gasteiger partial charge in [0.05, 0.1) is 42.1 Å². The molecule has 0 radical (unpaired) electrons. The topological polar surface area (TPSA) is 215 Å². The Bertz CT molecular complexity index is 1430. The third kappa shape index (κ3) is 4.24. The predicted octanol–water partition coefficient (Wildman–Crippen LogP) is 0.146. The van der Waals surface area contributed by atoms with E-state index >= 15 is 0 Å². The molecule has 1 fully saturated rings. The molecule has 1 aliphatic heterocycles. The molecule has 13 nitrogen and oxygen atoms in total. The van der Waals surface area contributed by atoms with E-state index < -0.39 is 95.4 Å². The minimum atomic E-state index is -2.50. The minimum absolute atomic E-state index is 0.0168. The molecule has 0 bridgehead atoms. The number of phenolic OH excluding ortho intramolecular Hbond substituents is 2. The molecule has 7 unspecified atom stereocenters. The van der Waals surface area contributed by atoms with Crippen molar-refractivity contribution in [3.05, 3.63) is 51.6 Å². The summed E-state index contributed by atoms with van der Waals surface area (Å²) in [7, 11) is 2.44. The molecular weight excluding hydrogens is 542 g/mol. The predicted molar refractivity (Wildman–Crippen MR) is 138 cm³/mol. The van der Waals surface area contributed by atoms with Gasteiger partial charge >= 0.3 is 0 Å². The van der Waals surface area contributed by atoms with E-state index in [0.717, 1.165) is 7.11 Å². The van der Waals surface area contributed by atoms with Crippen LogP contribution in [-0.4, -0.2) is 93.8 Å². The fourth-order valence-corrected chi connectivity index (χ4v) is 6.09. The van der Waals surface area contributed by atoms with Crippen molar-refractivity contribution in [2.75, 3.05) is 20.8 Å². The molecule has 0 saturated carbocycles. The molecule has 3 aliphatic rings. The average molecular weight is 574 g/mol. The maximum absolute atomic E-state index is 13.8. The first-order valence-electron chi connectivity index (χ1n) is 12.9. The lowest BCUT2D eigenvalue weighted by molar-refractivity contribution is -0.252. The van der Waals surface area contributed by atoms with Gasteiger partial charge < -0.3 is 50.2 Å². The second-order valence-electron chi connectivity index (χ2n) is 10.4. The summed E-state index contributed by atoms with van der Waals surface area (Å²) in [6, 6.07) is 3.56. The van der Waals surface area contributed by atoms with Crippen LogP contribution in [0.3, 0.4) is 0 Å². The van der Waals surface area contributed by atoms with Crippen LogP contribution in [0.15, 0.2) is 18.2 Å². The number of aliphatic hydroxyl groups excluding tert-OH is 2. The van der Waals surface area contributed by atoms with Crippen molar-refractivity contribution >= 4 is 17.3 Å². The number of aliphatic hydroxyl groups is 3. The molecule has 7 N–H and O–H groups in total. The van der Waals surface area contributed by atoms with Crippen LogP contribution in [0.1, 0.15) is 74.9 Å². The zero-order valence-corrected chi connectivity index (χ0v) is 22.5. The number of ether oxygens (including phenoxy) is 4. The summed E-state index contributed by atoms with van der Waals surface area (Å²) < 4.78 is 22.5. The van der Waals surface area contributed by atoms with Crippen molar-refractivity contribution in [1.29, 1.82) is 0 Å². The quantitative estimate of drug-likeness (QED) is 0.217. The van der Waals surface area contributed by atoms with Gasteiger partial charge in [-0.15, -0.1) is 0 Å². The fraction of sp³-hybridized carbons (Fsp3) is 0.464. The molecule has 0 spiro atoms. The molecule has 7 atom stereocenters. The number of carbonyl (C=O) groups is 3. The maximum Gasteiger partial charge on any atom is 0.202 e. The minimum Gasteiger partial charge on any atom is -0.507 e. The second-order valence-corrected chi connectivity index (χ2v) is 10.4. The van der Waals surface area contributed by atoms with Crippen molar-refractivity contribution in [3.8, 4) is 17.2 Å². The molecule has 1 saturated heterocycles. The van der Waals surface area contributed by atoms with Crippen molar-refractivity contribution < 1.29 is 58.9 Å². The Morgan fingerprint density at radius 2 is 1.76 bits per heavy atom. The Labute approximate surface area is 234 Å². The fourth-order valence-electron chi connectivity index (χ4n) is 6.09. The van der Waals surface area contributed by atoms with E-state index in [1.165, 1.54) is 25.3 Å². The first-order valence-corrected chi connectivity index (χ1v) is 12.9. The summed E-state index contributed by atoms with van der Waals surface area (Å²) >= 11 is 0. The molecule has 2 aromatic carbocycles.